The summed E-state index contributed by atoms with van der Waals surface area (Å²) in [6, 6.07) is 10.2. The number of nitrogens with one attached hydrogen (secondary N) is 1. The first kappa shape index (κ1) is 15.6. The molecule has 1 atom stereocenters. The molecule has 0 aliphatic rings. The zero-order valence-corrected chi connectivity index (χ0v) is 12.9. The molecule has 1 aromatic heterocycles. The summed E-state index contributed by atoms with van der Waals surface area (Å²) < 4.78 is 7.28. The Kier molecular flexibility index (Phi) is 5.83. The van der Waals surface area contributed by atoms with Crippen LogP contribution in [0.1, 0.15) is 26.6 Å². The fourth-order valence-corrected chi connectivity index (χ4v) is 2.04. The zero-order chi connectivity index (χ0) is 15.1. The van der Waals surface area contributed by atoms with Crippen molar-refractivity contribution in [1.82, 2.24) is 25.5 Å². The third-order valence-electron chi connectivity index (χ3n) is 3.36. The van der Waals surface area contributed by atoms with Crippen LogP contribution in [0.4, 0.5) is 0 Å². The Morgan fingerprint density at radius 2 is 2.00 bits per heavy atom. The van der Waals surface area contributed by atoms with E-state index in [0.29, 0.717) is 19.1 Å². The Morgan fingerprint density at radius 1 is 1.24 bits per heavy atom. The highest BCUT2D eigenvalue weighted by atomic mass is 16.5. The lowest BCUT2D eigenvalue weighted by Gasteiger charge is -2.21. The van der Waals surface area contributed by atoms with Crippen molar-refractivity contribution in [2.24, 2.45) is 5.92 Å². The van der Waals surface area contributed by atoms with E-state index in [2.05, 4.69) is 34.7 Å². The molecule has 0 saturated carbocycles. The molecular weight excluding hydrogens is 266 g/mol. The van der Waals surface area contributed by atoms with E-state index >= 15 is 0 Å². The fourth-order valence-electron chi connectivity index (χ4n) is 2.04. The first-order chi connectivity index (χ1) is 10.2. The number of para-hydroxylation sites is 1. The molecule has 6 heteroatoms. The summed E-state index contributed by atoms with van der Waals surface area (Å²) in [7, 11) is 0. The van der Waals surface area contributed by atoms with Crippen molar-refractivity contribution in [3.63, 3.8) is 0 Å². The van der Waals surface area contributed by atoms with Gasteiger partial charge in [0.1, 0.15) is 0 Å². The summed E-state index contributed by atoms with van der Waals surface area (Å²) in [5.41, 5.74) is 0.963. The Labute approximate surface area is 125 Å². The van der Waals surface area contributed by atoms with Gasteiger partial charge in [0.25, 0.3) is 0 Å². The van der Waals surface area contributed by atoms with Gasteiger partial charge >= 0.3 is 0 Å². The maximum Gasteiger partial charge on any atom is 0.170 e. The molecule has 0 aliphatic heterocycles. The second-order valence-corrected chi connectivity index (χ2v) is 5.23. The standard InChI is InChI=1S/C15H23N5O/c1-4-21-11-14(12(2)3)16-10-15-17-18-19-20(15)13-8-6-5-7-9-13/h5-9,12,14,16H,4,10-11H2,1-3H3. The SMILES string of the molecule is CCOCC(NCc1nnnn1-c1ccccc1)C(C)C. The highest BCUT2D eigenvalue weighted by molar-refractivity contribution is 5.30. The van der Waals surface area contributed by atoms with E-state index in [-0.39, 0.29) is 6.04 Å². The molecule has 1 unspecified atom stereocenters. The number of ether oxygens (including phenoxy) is 1. The Morgan fingerprint density at radius 3 is 2.67 bits per heavy atom. The Balaban J connectivity index is 2.02. The van der Waals surface area contributed by atoms with Crippen LogP contribution in [0, 0.1) is 5.92 Å². The van der Waals surface area contributed by atoms with E-state index in [1.807, 2.05) is 37.3 Å². The van der Waals surface area contributed by atoms with Crippen molar-refractivity contribution in [3.05, 3.63) is 36.2 Å². The van der Waals surface area contributed by atoms with Gasteiger partial charge in [-0.05, 0) is 35.4 Å². The van der Waals surface area contributed by atoms with E-state index in [9.17, 15) is 0 Å². The summed E-state index contributed by atoms with van der Waals surface area (Å²) in [4.78, 5) is 0. The molecule has 0 bridgehead atoms. The predicted molar refractivity (Wildman–Crippen MR) is 81.1 cm³/mol. The van der Waals surface area contributed by atoms with Crippen LogP contribution in [0.25, 0.3) is 5.69 Å². The third-order valence-corrected chi connectivity index (χ3v) is 3.36. The van der Waals surface area contributed by atoms with E-state index in [0.717, 1.165) is 18.1 Å². The highest BCUT2D eigenvalue weighted by Crippen LogP contribution is 2.08. The summed E-state index contributed by atoms with van der Waals surface area (Å²) in [6.45, 7) is 8.40. The molecular formula is C15H23N5O. The van der Waals surface area contributed by atoms with Crippen molar-refractivity contribution in [3.8, 4) is 5.69 Å². The fraction of sp³-hybridized carbons (Fsp3) is 0.533. The third kappa shape index (κ3) is 4.34. The van der Waals surface area contributed by atoms with Gasteiger partial charge < -0.3 is 10.1 Å². The molecule has 2 aromatic rings. The van der Waals surface area contributed by atoms with Crippen LogP contribution in [0.5, 0.6) is 0 Å². The molecule has 0 spiro atoms. The lowest BCUT2D eigenvalue weighted by atomic mass is 10.1. The number of nitrogens with zero attached hydrogens (tertiary/aromatic N) is 4. The molecule has 114 valence electrons. The zero-order valence-electron chi connectivity index (χ0n) is 12.9. The van der Waals surface area contributed by atoms with Gasteiger partial charge in [-0.2, -0.15) is 4.68 Å². The molecule has 1 heterocycles. The summed E-state index contributed by atoms with van der Waals surface area (Å²) in [6.07, 6.45) is 0. The van der Waals surface area contributed by atoms with Crippen LogP contribution in [0.3, 0.4) is 0 Å². The van der Waals surface area contributed by atoms with E-state index in [1.54, 1.807) is 4.68 Å². The van der Waals surface area contributed by atoms with Gasteiger partial charge in [0.05, 0.1) is 18.8 Å². The summed E-state index contributed by atoms with van der Waals surface area (Å²) in [5, 5.41) is 15.4. The number of hydrogen-bond donors (Lipinski definition) is 1. The predicted octanol–water partition coefficient (Wildman–Crippen LogP) is 1.81. The Bertz CT molecular complexity index is 526. The van der Waals surface area contributed by atoms with E-state index < -0.39 is 0 Å². The minimum absolute atomic E-state index is 0.283. The van der Waals surface area contributed by atoms with Gasteiger partial charge in [0, 0.05) is 12.6 Å². The van der Waals surface area contributed by atoms with E-state index in [1.165, 1.54) is 0 Å². The topological polar surface area (TPSA) is 64.9 Å². The summed E-state index contributed by atoms with van der Waals surface area (Å²) >= 11 is 0. The normalized spacial score (nSPS) is 12.8. The van der Waals surface area contributed by atoms with Crippen LogP contribution in [-0.4, -0.2) is 39.5 Å². The first-order valence-electron chi connectivity index (χ1n) is 7.36. The molecule has 1 N–H and O–H groups in total. The minimum atomic E-state index is 0.283. The minimum Gasteiger partial charge on any atom is -0.380 e. The average Bonchev–Trinajstić information content (AvgIpc) is 2.96. The first-order valence-corrected chi connectivity index (χ1v) is 7.36. The van der Waals surface area contributed by atoms with Gasteiger partial charge in [-0.15, -0.1) is 5.10 Å². The molecule has 6 nitrogen and oxygen atoms in total. The van der Waals surface area contributed by atoms with Gasteiger partial charge in [-0.1, -0.05) is 32.0 Å². The molecule has 0 radical (unpaired) electrons. The van der Waals surface area contributed by atoms with Crippen molar-refractivity contribution in [2.75, 3.05) is 13.2 Å². The van der Waals surface area contributed by atoms with Crippen LogP contribution in [0.15, 0.2) is 30.3 Å². The maximum absolute atomic E-state index is 5.52. The summed E-state index contributed by atoms with van der Waals surface area (Å²) in [5.74, 6) is 1.28. The molecule has 2 rings (SSSR count). The molecule has 0 fully saturated rings. The van der Waals surface area contributed by atoms with Gasteiger partial charge in [0.2, 0.25) is 0 Å². The van der Waals surface area contributed by atoms with Crippen LogP contribution < -0.4 is 5.32 Å². The molecule has 0 aliphatic carbocycles. The Hall–Kier alpha value is -1.79. The van der Waals surface area contributed by atoms with Crippen molar-refractivity contribution in [1.29, 1.82) is 0 Å². The second-order valence-electron chi connectivity index (χ2n) is 5.23. The second kappa shape index (κ2) is 7.85. The van der Waals surface area contributed by atoms with E-state index in [4.69, 9.17) is 4.74 Å². The number of benzene rings is 1. The lowest BCUT2D eigenvalue weighted by molar-refractivity contribution is 0.107. The van der Waals surface area contributed by atoms with Gasteiger partial charge in [0.15, 0.2) is 5.82 Å². The van der Waals surface area contributed by atoms with Crippen molar-refractivity contribution >= 4 is 0 Å². The van der Waals surface area contributed by atoms with Crippen LogP contribution >= 0.6 is 0 Å². The quantitative estimate of drug-likeness (QED) is 0.803. The lowest BCUT2D eigenvalue weighted by Crippen LogP contribution is -2.38. The van der Waals surface area contributed by atoms with Gasteiger partial charge in [-0.3, -0.25) is 0 Å². The van der Waals surface area contributed by atoms with Crippen molar-refractivity contribution < 1.29 is 4.74 Å². The smallest absolute Gasteiger partial charge is 0.170 e. The number of aromatic nitrogens is 4. The number of tetrazole rings is 1. The molecule has 0 amide bonds. The molecule has 0 saturated heterocycles. The van der Waals surface area contributed by atoms with Crippen molar-refractivity contribution in [2.45, 2.75) is 33.4 Å². The van der Waals surface area contributed by atoms with Gasteiger partial charge in [-0.25, -0.2) is 0 Å². The van der Waals surface area contributed by atoms with Crippen LogP contribution in [0.2, 0.25) is 0 Å². The average molecular weight is 289 g/mol. The monoisotopic (exact) mass is 289 g/mol. The molecule has 1 aromatic carbocycles. The maximum atomic E-state index is 5.52. The number of hydrogen-bond acceptors (Lipinski definition) is 5. The molecule has 21 heavy (non-hydrogen) atoms. The highest BCUT2D eigenvalue weighted by Gasteiger charge is 2.15. The number of rotatable bonds is 8. The van der Waals surface area contributed by atoms with Crippen LogP contribution in [-0.2, 0) is 11.3 Å². The largest absolute Gasteiger partial charge is 0.380 e.